The predicted molar refractivity (Wildman–Crippen MR) is 165 cm³/mol. The average molecular weight is 637 g/mol. The minimum absolute atomic E-state index is 0.0284. The first kappa shape index (κ1) is 28.0. The number of nitrogens with one attached hydrogen (secondary N) is 1. The summed E-state index contributed by atoms with van der Waals surface area (Å²) in [6, 6.07) is 19.9. The van der Waals surface area contributed by atoms with Crippen LogP contribution in [0.4, 0.5) is 0 Å². The number of benzene rings is 3. The van der Waals surface area contributed by atoms with Crippen LogP contribution in [-0.2, 0) is 17.8 Å². The summed E-state index contributed by atoms with van der Waals surface area (Å²) in [6.45, 7) is 4.66. The van der Waals surface area contributed by atoms with E-state index in [0.717, 1.165) is 50.8 Å². The van der Waals surface area contributed by atoms with Crippen LogP contribution in [0.1, 0.15) is 35.3 Å². The van der Waals surface area contributed by atoms with Crippen molar-refractivity contribution in [1.82, 2.24) is 20.1 Å². The fraction of sp³-hybridized carbons (Fsp3) is 0.200. The number of thiophene rings is 1. The van der Waals surface area contributed by atoms with Gasteiger partial charge in [-0.15, -0.1) is 21.5 Å². The number of rotatable bonds is 5. The smallest absolute Gasteiger partial charge is 0.216 e. The molecule has 204 valence electrons. The van der Waals surface area contributed by atoms with E-state index < -0.39 is 0 Å². The van der Waals surface area contributed by atoms with Gasteiger partial charge in [0.05, 0.1) is 18.5 Å². The van der Waals surface area contributed by atoms with Gasteiger partial charge in [0.25, 0.3) is 0 Å². The zero-order valence-corrected chi connectivity index (χ0v) is 25.4. The van der Waals surface area contributed by atoms with E-state index in [2.05, 4.69) is 49.0 Å². The van der Waals surface area contributed by atoms with Gasteiger partial charge in [0.1, 0.15) is 18.1 Å². The molecule has 0 spiro atoms. The Labute approximate surface area is 250 Å². The van der Waals surface area contributed by atoms with E-state index >= 15 is 0 Å². The fourth-order valence-electron chi connectivity index (χ4n) is 4.58. The number of aromatic nitrogens is 3. The van der Waals surface area contributed by atoms with Gasteiger partial charge in [-0.3, -0.25) is 14.4 Å². The second-order valence-electron chi connectivity index (χ2n) is 9.16. The number of hydrogen-bond donors (Lipinski definition) is 1. The van der Waals surface area contributed by atoms with E-state index in [4.69, 9.17) is 21.3 Å². The van der Waals surface area contributed by atoms with Gasteiger partial charge in [0.2, 0.25) is 5.91 Å². The van der Waals surface area contributed by atoms with Crippen molar-refractivity contribution < 1.29 is 9.53 Å². The van der Waals surface area contributed by atoms with Crippen molar-refractivity contribution in [3.63, 3.8) is 0 Å². The lowest BCUT2D eigenvalue weighted by Crippen LogP contribution is -2.22. The Morgan fingerprint density at radius 2 is 1.95 bits per heavy atom. The molecule has 7 nitrogen and oxygen atoms in total. The maximum Gasteiger partial charge on any atom is 0.216 e. The standard InChI is InChI=1S/C18H15ClN4O.C12H12BrNOS/c1-11-21-22-17-10-20-18(12-3-5-13(19)6-4-12)15-9-14(24-2)7-8-16(15)23(11)17;1-8(15)14-6-5-9-7-16-12-10(9)3-2-4-11(12)13/h3-9H,10H2,1-2H3;2-4,7H,5-6H2,1H3,(H,14,15). The van der Waals surface area contributed by atoms with Crippen LogP contribution in [0.3, 0.4) is 0 Å². The van der Waals surface area contributed by atoms with E-state index in [0.29, 0.717) is 18.1 Å². The van der Waals surface area contributed by atoms with E-state index in [1.165, 1.54) is 15.6 Å². The third kappa shape index (κ3) is 5.96. The number of aliphatic imine (C=N–C) groups is 1. The summed E-state index contributed by atoms with van der Waals surface area (Å²) in [4.78, 5) is 15.6. The predicted octanol–water partition coefficient (Wildman–Crippen LogP) is 6.93. The summed E-state index contributed by atoms with van der Waals surface area (Å²) in [5.41, 5.74) is 5.18. The highest BCUT2D eigenvalue weighted by Gasteiger charge is 2.22. The summed E-state index contributed by atoms with van der Waals surface area (Å²) in [5.74, 6) is 2.47. The van der Waals surface area contributed by atoms with Gasteiger partial charge in [0, 0.05) is 38.8 Å². The van der Waals surface area contributed by atoms with Crippen LogP contribution in [-0.4, -0.2) is 40.0 Å². The van der Waals surface area contributed by atoms with Crippen molar-refractivity contribution in [3.8, 4) is 11.4 Å². The lowest BCUT2D eigenvalue weighted by Gasteiger charge is -2.14. The molecule has 0 unspecified atom stereocenters. The van der Waals surface area contributed by atoms with Gasteiger partial charge in [-0.2, -0.15) is 0 Å². The van der Waals surface area contributed by atoms with Crippen molar-refractivity contribution in [2.24, 2.45) is 4.99 Å². The van der Waals surface area contributed by atoms with Crippen LogP contribution in [0, 0.1) is 6.92 Å². The van der Waals surface area contributed by atoms with E-state index in [9.17, 15) is 4.79 Å². The third-order valence-corrected chi connectivity index (χ3v) is 8.74. The van der Waals surface area contributed by atoms with Crippen molar-refractivity contribution in [3.05, 3.63) is 104 Å². The van der Waals surface area contributed by atoms with Crippen LogP contribution in [0.25, 0.3) is 15.8 Å². The summed E-state index contributed by atoms with van der Waals surface area (Å²) >= 11 is 11.3. The van der Waals surface area contributed by atoms with Gasteiger partial charge < -0.3 is 10.1 Å². The Kier molecular flexibility index (Phi) is 8.63. The van der Waals surface area contributed by atoms with Crippen molar-refractivity contribution in [1.29, 1.82) is 0 Å². The second-order valence-corrected chi connectivity index (χ2v) is 11.3. The quantitative estimate of drug-likeness (QED) is 0.227. The fourth-order valence-corrected chi connectivity index (χ4v) is 6.36. The molecule has 10 heteroatoms. The van der Waals surface area contributed by atoms with Crippen molar-refractivity contribution >= 4 is 60.6 Å². The molecule has 1 aliphatic rings. The number of aryl methyl sites for hydroxylation is 1. The Bertz CT molecular complexity index is 1710. The van der Waals surface area contributed by atoms with Gasteiger partial charge in [0.15, 0.2) is 5.82 Å². The minimum Gasteiger partial charge on any atom is -0.497 e. The number of amides is 1. The first-order valence-electron chi connectivity index (χ1n) is 12.6. The molecule has 0 saturated heterocycles. The molecule has 1 N–H and O–H groups in total. The van der Waals surface area contributed by atoms with Crippen LogP contribution >= 0.6 is 38.9 Å². The van der Waals surface area contributed by atoms with E-state index in [-0.39, 0.29) is 5.91 Å². The van der Waals surface area contributed by atoms with Gasteiger partial charge in [-0.25, -0.2) is 0 Å². The molecular weight excluding hydrogens is 610 g/mol. The molecule has 0 radical (unpaired) electrons. The molecule has 3 heterocycles. The number of fused-ring (bicyclic) bond motifs is 4. The molecule has 3 aromatic carbocycles. The highest BCUT2D eigenvalue weighted by Crippen LogP contribution is 2.32. The normalized spacial score (nSPS) is 12.0. The number of methoxy groups -OCH3 is 1. The Balaban J connectivity index is 0.000000176. The van der Waals surface area contributed by atoms with Crippen LogP contribution in [0.2, 0.25) is 5.02 Å². The van der Waals surface area contributed by atoms with Crippen molar-refractivity contribution in [2.45, 2.75) is 26.8 Å². The maximum atomic E-state index is 10.8. The molecule has 6 rings (SSSR count). The van der Waals surface area contributed by atoms with Crippen LogP contribution < -0.4 is 10.1 Å². The zero-order chi connectivity index (χ0) is 28.2. The summed E-state index contributed by atoms with van der Waals surface area (Å²) in [5, 5.41) is 15.4. The van der Waals surface area contributed by atoms with Crippen LogP contribution in [0.15, 0.2) is 75.5 Å². The summed E-state index contributed by atoms with van der Waals surface area (Å²) in [6.07, 6.45) is 0.885. The minimum atomic E-state index is 0.0284. The monoisotopic (exact) mass is 635 g/mol. The lowest BCUT2D eigenvalue weighted by atomic mass is 10.00. The second kappa shape index (κ2) is 12.3. The number of carbonyl (C=O) groups excluding carboxylic acids is 1. The highest BCUT2D eigenvalue weighted by molar-refractivity contribution is 9.10. The number of nitrogens with zero attached hydrogens (tertiary/aromatic N) is 4. The third-order valence-electron chi connectivity index (χ3n) is 6.49. The molecule has 0 atom stereocenters. The first-order chi connectivity index (χ1) is 19.4. The Morgan fingerprint density at radius 1 is 1.15 bits per heavy atom. The Morgan fingerprint density at radius 3 is 2.70 bits per heavy atom. The molecule has 1 aliphatic heterocycles. The van der Waals surface area contributed by atoms with Crippen molar-refractivity contribution in [2.75, 3.05) is 13.7 Å². The lowest BCUT2D eigenvalue weighted by molar-refractivity contribution is -0.118. The molecular formula is C30H27BrClN5O2S. The molecule has 2 aromatic heterocycles. The van der Waals surface area contributed by atoms with E-state index in [1.54, 1.807) is 25.4 Å². The van der Waals surface area contributed by atoms with Crippen LogP contribution in [0.5, 0.6) is 5.75 Å². The average Bonchev–Trinajstić information content (AvgIpc) is 3.49. The number of hydrogen-bond acceptors (Lipinski definition) is 6. The highest BCUT2D eigenvalue weighted by atomic mass is 79.9. The molecule has 5 aromatic rings. The largest absolute Gasteiger partial charge is 0.497 e. The molecule has 1 amide bonds. The zero-order valence-electron chi connectivity index (χ0n) is 22.2. The SMILES string of the molecule is CC(=O)NCCc1csc2c(Br)cccc12.COc1ccc2c(c1)C(c1ccc(Cl)cc1)=NCc1nnc(C)n1-2. The van der Waals surface area contributed by atoms with Gasteiger partial charge >= 0.3 is 0 Å². The van der Waals surface area contributed by atoms with Gasteiger partial charge in [-0.1, -0.05) is 35.9 Å². The summed E-state index contributed by atoms with van der Waals surface area (Å²) in [7, 11) is 1.66. The summed E-state index contributed by atoms with van der Waals surface area (Å²) < 4.78 is 9.87. The first-order valence-corrected chi connectivity index (χ1v) is 14.7. The maximum absolute atomic E-state index is 10.8. The molecule has 0 fully saturated rings. The molecule has 40 heavy (non-hydrogen) atoms. The Hall–Kier alpha value is -3.53. The molecule has 0 aliphatic carbocycles. The molecule has 0 saturated carbocycles. The van der Waals surface area contributed by atoms with Gasteiger partial charge in [-0.05, 0) is 82.0 Å². The van der Waals surface area contributed by atoms with E-state index in [1.807, 2.05) is 60.0 Å². The molecule has 0 bridgehead atoms. The topological polar surface area (TPSA) is 81.4 Å². The number of ether oxygens (including phenoxy) is 1. The number of halogens is 2. The number of carbonyl (C=O) groups is 1.